The van der Waals surface area contributed by atoms with E-state index < -0.39 is 0 Å². The number of rotatable bonds is 2. The van der Waals surface area contributed by atoms with Gasteiger partial charge in [-0.3, -0.25) is 0 Å². The average Bonchev–Trinajstić information content (AvgIpc) is 2.08. The van der Waals surface area contributed by atoms with Gasteiger partial charge in [-0.2, -0.15) is 0 Å². The number of hydrogen-bond acceptors (Lipinski definition) is 2. The Labute approximate surface area is 72.3 Å². The molecular weight excluding hydrogens is 150 g/mol. The number of hydrogen-bond donors (Lipinski definition) is 2. The van der Waals surface area contributed by atoms with E-state index in [0.717, 1.165) is 16.7 Å². The lowest BCUT2D eigenvalue weighted by molar-refractivity contribution is 0.471. The summed E-state index contributed by atoms with van der Waals surface area (Å²) < 4.78 is 0. The predicted octanol–water partition coefficient (Wildman–Crippen LogP) is 1.67. The van der Waals surface area contributed by atoms with E-state index in [1.54, 1.807) is 6.07 Å². The highest BCUT2D eigenvalue weighted by Gasteiger charge is 1.99. The first-order valence-electron chi connectivity index (χ1n) is 3.83. The zero-order chi connectivity index (χ0) is 9.14. The van der Waals surface area contributed by atoms with E-state index in [9.17, 15) is 5.11 Å². The summed E-state index contributed by atoms with van der Waals surface area (Å²) in [7, 11) is 0. The Hall–Kier alpha value is -1.28. The molecule has 1 rings (SSSR count). The molecule has 2 nitrogen and oxygen atoms in total. The quantitative estimate of drug-likeness (QED) is 0.696. The number of phenolic OH excluding ortho intramolecular Hbond substituents is 1. The van der Waals surface area contributed by atoms with Crippen molar-refractivity contribution in [3.8, 4) is 5.75 Å². The zero-order valence-electron chi connectivity index (χ0n) is 7.17. The van der Waals surface area contributed by atoms with Crippen LogP contribution in [-0.4, -0.2) is 11.7 Å². The summed E-state index contributed by atoms with van der Waals surface area (Å²) in [5, 5.41) is 9.36. The van der Waals surface area contributed by atoms with Crippen LogP contribution in [0.3, 0.4) is 0 Å². The van der Waals surface area contributed by atoms with Crippen LogP contribution in [0.2, 0.25) is 0 Å². The van der Waals surface area contributed by atoms with Crippen molar-refractivity contribution < 1.29 is 5.11 Å². The minimum Gasteiger partial charge on any atom is -0.508 e. The normalized spacial score (nSPS) is 9.83. The molecule has 0 amide bonds. The highest BCUT2D eigenvalue weighted by molar-refractivity contribution is 5.66. The van der Waals surface area contributed by atoms with Gasteiger partial charge >= 0.3 is 0 Å². The lowest BCUT2D eigenvalue weighted by atomic mass is 10.1. The van der Waals surface area contributed by atoms with Crippen molar-refractivity contribution in [1.82, 2.24) is 0 Å². The van der Waals surface area contributed by atoms with Gasteiger partial charge in [0.2, 0.25) is 0 Å². The molecule has 64 valence electrons. The number of benzene rings is 1. The van der Waals surface area contributed by atoms with E-state index in [1.807, 2.05) is 19.1 Å². The molecule has 0 aromatic heterocycles. The molecule has 12 heavy (non-hydrogen) atoms. The first kappa shape index (κ1) is 8.81. The van der Waals surface area contributed by atoms with E-state index in [4.69, 9.17) is 5.73 Å². The molecule has 0 saturated heterocycles. The van der Waals surface area contributed by atoms with Gasteiger partial charge in [0.15, 0.2) is 0 Å². The second-order valence-corrected chi connectivity index (χ2v) is 2.81. The molecule has 0 bridgehead atoms. The Morgan fingerprint density at radius 2 is 2.25 bits per heavy atom. The van der Waals surface area contributed by atoms with Gasteiger partial charge < -0.3 is 10.8 Å². The molecule has 0 radical (unpaired) electrons. The highest BCUT2D eigenvalue weighted by Crippen LogP contribution is 2.21. The number of aromatic hydroxyl groups is 1. The smallest absolute Gasteiger partial charge is 0.119 e. The van der Waals surface area contributed by atoms with E-state index in [-0.39, 0.29) is 0 Å². The second-order valence-electron chi connectivity index (χ2n) is 2.81. The van der Waals surface area contributed by atoms with Crippen LogP contribution in [0.15, 0.2) is 24.8 Å². The van der Waals surface area contributed by atoms with Crippen LogP contribution in [0.1, 0.15) is 11.1 Å². The van der Waals surface area contributed by atoms with Gasteiger partial charge in [-0.15, -0.1) is 0 Å². The molecule has 0 aliphatic carbocycles. The molecule has 0 unspecified atom stereocenters. The number of nitrogens with two attached hydrogens (primary N) is 1. The third-order valence-corrected chi connectivity index (χ3v) is 1.86. The van der Waals surface area contributed by atoms with Crippen molar-refractivity contribution in [3.63, 3.8) is 0 Å². The van der Waals surface area contributed by atoms with Crippen LogP contribution in [0, 0.1) is 6.92 Å². The predicted molar refractivity (Wildman–Crippen MR) is 50.9 cm³/mol. The topological polar surface area (TPSA) is 46.2 Å². The Balaban J connectivity index is 3.05. The van der Waals surface area contributed by atoms with Crippen LogP contribution in [0.25, 0.3) is 5.57 Å². The van der Waals surface area contributed by atoms with Crippen molar-refractivity contribution in [2.45, 2.75) is 6.92 Å². The molecule has 2 heteroatoms. The summed E-state index contributed by atoms with van der Waals surface area (Å²) in [6.07, 6.45) is 0. The first-order valence-corrected chi connectivity index (χ1v) is 3.83. The fourth-order valence-corrected chi connectivity index (χ4v) is 0.947. The van der Waals surface area contributed by atoms with Gasteiger partial charge in [0, 0.05) is 6.54 Å². The monoisotopic (exact) mass is 163 g/mol. The molecular formula is C10H13NO. The van der Waals surface area contributed by atoms with Crippen LogP contribution < -0.4 is 5.73 Å². The second kappa shape index (κ2) is 3.41. The van der Waals surface area contributed by atoms with E-state index >= 15 is 0 Å². The SMILES string of the molecule is C=C(CN)c1ccc(C)c(O)c1. The van der Waals surface area contributed by atoms with Gasteiger partial charge in [0.25, 0.3) is 0 Å². The standard InChI is InChI=1S/C10H13NO/c1-7-3-4-9(5-10(7)12)8(2)6-11/h3-5,12H,2,6,11H2,1H3. The third-order valence-electron chi connectivity index (χ3n) is 1.86. The molecule has 0 atom stereocenters. The lowest BCUT2D eigenvalue weighted by Gasteiger charge is -2.04. The third kappa shape index (κ3) is 1.66. The lowest BCUT2D eigenvalue weighted by Crippen LogP contribution is -2.00. The van der Waals surface area contributed by atoms with E-state index in [0.29, 0.717) is 12.3 Å². The van der Waals surface area contributed by atoms with E-state index in [1.165, 1.54) is 0 Å². The van der Waals surface area contributed by atoms with Crippen LogP contribution >= 0.6 is 0 Å². The summed E-state index contributed by atoms with van der Waals surface area (Å²) in [4.78, 5) is 0. The fraction of sp³-hybridized carbons (Fsp3) is 0.200. The average molecular weight is 163 g/mol. The van der Waals surface area contributed by atoms with Crippen molar-refractivity contribution in [2.24, 2.45) is 5.73 Å². The van der Waals surface area contributed by atoms with Crippen LogP contribution in [0.4, 0.5) is 0 Å². The molecule has 0 saturated carbocycles. The van der Waals surface area contributed by atoms with Crippen molar-refractivity contribution >= 4 is 5.57 Å². The molecule has 1 aromatic rings. The minimum atomic E-state index is 0.294. The molecule has 0 spiro atoms. The maximum atomic E-state index is 9.36. The number of aryl methyl sites for hydroxylation is 1. The number of phenols is 1. The van der Waals surface area contributed by atoms with Crippen molar-refractivity contribution in [2.75, 3.05) is 6.54 Å². The molecule has 3 N–H and O–H groups in total. The molecule has 0 heterocycles. The first-order chi connectivity index (χ1) is 5.65. The fourth-order valence-electron chi connectivity index (χ4n) is 0.947. The maximum absolute atomic E-state index is 9.36. The van der Waals surface area contributed by atoms with Crippen LogP contribution in [-0.2, 0) is 0 Å². The Morgan fingerprint density at radius 3 is 2.75 bits per heavy atom. The Morgan fingerprint density at radius 1 is 1.58 bits per heavy atom. The van der Waals surface area contributed by atoms with Crippen LogP contribution in [0.5, 0.6) is 5.75 Å². The van der Waals surface area contributed by atoms with Gasteiger partial charge in [-0.1, -0.05) is 18.7 Å². The summed E-state index contributed by atoms with van der Waals surface area (Å²) in [6, 6.07) is 5.44. The Bertz CT molecular complexity index is 305. The summed E-state index contributed by atoms with van der Waals surface area (Å²) >= 11 is 0. The summed E-state index contributed by atoms with van der Waals surface area (Å²) in [5.74, 6) is 0.294. The van der Waals surface area contributed by atoms with Gasteiger partial charge in [-0.25, -0.2) is 0 Å². The van der Waals surface area contributed by atoms with Gasteiger partial charge in [0.05, 0.1) is 0 Å². The minimum absolute atomic E-state index is 0.294. The largest absolute Gasteiger partial charge is 0.508 e. The van der Waals surface area contributed by atoms with Gasteiger partial charge in [-0.05, 0) is 29.7 Å². The van der Waals surface area contributed by atoms with Crippen molar-refractivity contribution in [3.05, 3.63) is 35.9 Å². The molecule has 0 fully saturated rings. The maximum Gasteiger partial charge on any atom is 0.119 e. The molecule has 0 aliphatic heterocycles. The zero-order valence-corrected chi connectivity index (χ0v) is 7.17. The molecule has 1 aromatic carbocycles. The molecule has 0 aliphatic rings. The van der Waals surface area contributed by atoms with E-state index in [2.05, 4.69) is 6.58 Å². The van der Waals surface area contributed by atoms with Gasteiger partial charge in [0.1, 0.15) is 5.75 Å². The summed E-state index contributed by atoms with van der Waals surface area (Å²) in [5.41, 5.74) is 8.02. The highest BCUT2D eigenvalue weighted by atomic mass is 16.3. The summed E-state index contributed by atoms with van der Waals surface area (Å²) in [6.45, 7) is 6.05. The Kier molecular flexibility index (Phi) is 2.51. The van der Waals surface area contributed by atoms with Crippen molar-refractivity contribution in [1.29, 1.82) is 0 Å².